The van der Waals surface area contributed by atoms with Crippen LogP contribution in [0.4, 0.5) is 0 Å². The van der Waals surface area contributed by atoms with Crippen molar-refractivity contribution in [3.05, 3.63) is 53.0 Å². The summed E-state index contributed by atoms with van der Waals surface area (Å²) in [5.41, 5.74) is 0.638. The molecule has 4 rings (SSSR count). The van der Waals surface area contributed by atoms with Gasteiger partial charge in [0.15, 0.2) is 31.6 Å². The Morgan fingerprint density at radius 3 is 2.39 bits per heavy atom. The molecule has 0 spiro atoms. The zero-order valence-corrected chi connectivity index (χ0v) is 21.1. The van der Waals surface area contributed by atoms with Gasteiger partial charge in [-0.2, -0.15) is 0 Å². The van der Waals surface area contributed by atoms with Crippen LogP contribution in [0.3, 0.4) is 0 Å². The van der Waals surface area contributed by atoms with Crippen LogP contribution < -0.4 is 0 Å². The molecule has 33 heavy (non-hydrogen) atoms. The zero-order valence-electron chi connectivity index (χ0n) is 19.4. The third-order valence-corrected chi connectivity index (χ3v) is 9.55. The molecule has 1 fully saturated rings. The molecule has 0 aliphatic carbocycles. The maximum absolute atomic E-state index is 14.5. The van der Waals surface area contributed by atoms with Crippen LogP contribution in [0.15, 0.2) is 41.6 Å². The molecular weight excluding hydrogens is 462 g/mol. The summed E-state index contributed by atoms with van der Waals surface area (Å²) in [5, 5.41) is 10.7. The van der Waals surface area contributed by atoms with Gasteiger partial charge in [0.05, 0.1) is 5.70 Å². The molecule has 1 aromatic heterocycles. The number of hydrogen-bond acceptors (Lipinski definition) is 8. The number of carbonyl (C=O) groups is 1. The summed E-state index contributed by atoms with van der Waals surface area (Å²) >= 11 is 5.51. The van der Waals surface area contributed by atoms with Crippen molar-refractivity contribution in [1.82, 2.24) is 25.1 Å². The number of aromatic nitrogens is 4. The van der Waals surface area contributed by atoms with E-state index in [0.29, 0.717) is 5.57 Å². The summed E-state index contributed by atoms with van der Waals surface area (Å²) in [6, 6.07) is 9.25. The van der Waals surface area contributed by atoms with E-state index in [1.807, 2.05) is 30.3 Å². The Bertz CT molecular complexity index is 1260. The summed E-state index contributed by atoms with van der Waals surface area (Å²) in [7, 11) is -1.07. The minimum Gasteiger partial charge on any atom is -0.371 e. The number of thiocarbonyl (C=S) groups is 1. The van der Waals surface area contributed by atoms with E-state index in [0.717, 1.165) is 5.56 Å². The molecule has 1 unspecified atom stereocenters. The van der Waals surface area contributed by atoms with Gasteiger partial charge in [0.2, 0.25) is 0 Å². The molecule has 1 saturated heterocycles. The molecule has 2 aromatic rings. The molecule has 176 valence electrons. The maximum atomic E-state index is 14.5. The Labute approximate surface area is 198 Å². The Hall–Kier alpha value is -2.50. The van der Waals surface area contributed by atoms with Crippen LogP contribution in [-0.2, 0) is 37.6 Å². The second kappa shape index (κ2) is 7.78. The SMILES string of the molecule is CO[C@H]1C(=S)N2C(C(=O)C(C)(C)C)=C(C)C(Cc3ccccc3)(c3nnnn3C)S(=O)(=O)[C@H]12. The van der Waals surface area contributed by atoms with E-state index in [1.165, 1.54) is 16.7 Å². The monoisotopic (exact) mass is 489 g/mol. The molecule has 0 amide bonds. The van der Waals surface area contributed by atoms with Crippen molar-refractivity contribution in [2.24, 2.45) is 12.5 Å². The lowest BCUT2D eigenvalue weighted by molar-refractivity contribution is -0.124. The highest BCUT2D eigenvalue weighted by atomic mass is 32.2. The predicted octanol–water partition coefficient (Wildman–Crippen LogP) is 1.95. The Balaban J connectivity index is 2.12. The average molecular weight is 490 g/mol. The van der Waals surface area contributed by atoms with E-state index in [9.17, 15) is 13.2 Å². The van der Waals surface area contributed by atoms with E-state index < -0.39 is 31.5 Å². The van der Waals surface area contributed by atoms with E-state index >= 15 is 0 Å². The van der Waals surface area contributed by atoms with Gasteiger partial charge in [0.25, 0.3) is 0 Å². The van der Waals surface area contributed by atoms with Crippen molar-refractivity contribution < 1.29 is 17.9 Å². The number of aryl methyl sites for hydroxylation is 1. The molecular formula is C22H27N5O4S2. The van der Waals surface area contributed by atoms with E-state index in [-0.39, 0.29) is 28.7 Å². The van der Waals surface area contributed by atoms with Crippen molar-refractivity contribution in [3.63, 3.8) is 0 Å². The first-order valence-electron chi connectivity index (χ1n) is 10.5. The smallest absolute Gasteiger partial charge is 0.192 e. The molecule has 2 aliphatic rings. The van der Waals surface area contributed by atoms with Crippen LogP contribution in [0.25, 0.3) is 0 Å². The number of sulfone groups is 1. The maximum Gasteiger partial charge on any atom is 0.192 e. The largest absolute Gasteiger partial charge is 0.371 e. The van der Waals surface area contributed by atoms with Gasteiger partial charge < -0.3 is 9.64 Å². The Kier molecular flexibility index (Phi) is 5.58. The Morgan fingerprint density at radius 2 is 1.88 bits per heavy atom. The summed E-state index contributed by atoms with van der Waals surface area (Å²) in [5.74, 6) is -0.0558. The third kappa shape index (κ3) is 3.20. The first kappa shape index (κ1) is 23.7. The summed E-state index contributed by atoms with van der Waals surface area (Å²) in [6.07, 6.45) is -0.790. The lowest BCUT2D eigenvalue weighted by atomic mass is 9.81. The van der Waals surface area contributed by atoms with Crippen molar-refractivity contribution in [2.75, 3.05) is 7.11 Å². The summed E-state index contributed by atoms with van der Waals surface area (Å²) < 4.78 is 34.1. The van der Waals surface area contributed by atoms with Gasteiger partial charge in [-0.1, -0.05) is 63.3 Å². The third-order valence-electron chi connectivity index (χ3n) is 6.43. The molecule has 1 aromatic carbocycles. The number of hydrogen-bond donors (Lipinski definition) is 0. The van der Waals surface area contributed by atoms with Crippen molar-refractivity contribution >= 4 is 32.8 Å². The van der Waals surface area contributed by atoms with Crippen LogP contribution >= 0.6 is 12.2 Å². The molecule has 3 heterocycles. The number of carbonyl (C=O) groups excluding carboxylic acids is 1. The fourth-order valence-electron chi connectivity index (χ4n) is 4.68. The minimum atomic E-state index is -4.09. The molecule has 0 saturated carbocycles. The van der Waals surface area contributed by atoms with E-state index in [1.54, 1.807) is 34.7 Å². The van der Waals surface area contributed by atoms with Crippen molar-refractivity contribution in [3.8, 4) is 0 Å². The number of benzene rings is 1. The quantitative estimate of drug-likeness (QED) is 0.582. The summed E-state index contributed by atoms with van der Waals surface area (Å²) in [4.78, 5) is 15.4. The van der Waals surface area contributed by atoms with Crippen LogP contribution in [0, 0.1) is 5.41 Å². The zero-order chi connectivity index (χ0) is 24.3. The number of tetrazole rings is 1. The second-order valence-corrected chi connectivity index (χ2v) is 12.2. The van der Waals surface area contributed by atoms with Gasteiger partial charge in [-0.25, -0.2) is 13.1 Å². The first-order chi connectivity index (χ1) is 15.4. The van der Waals surface area contributed by atoms with Gasteiger partial charge >= 0.3 is 0 Å². The average Bonchev–Trinajstić information content (AvgIpc) is 3.18. The van der Waals surface area contributed by atoms with Crippen molar-refractivity contribution in [2.45, 2.75) is 50.3 Å². The van der Waals surface area contributed by atoms with E-state index in [2.05, 4.69) is 15.5 Å². The van der Waals surface area contributed by atoms with Crippen LogP contribution in [0.1, 0.15) is 39.1 Å². The fraction of sp³-hybridized carbons (Fsp3) is 0.500. The highest BCUT2D eigenvalue weighted by Crippen LogP contribution is 2.53. The van der Waals surface area contributed by atoms with Gasteiger partial charge in [0, 0.05) is 26.0 Å². The molecule has 3 atom stereocenters. The molecule has 0 bridgehead atoms. The molecule has 0 N–H and O–H groups in total. The number of Topliss-reactive ketones (excluding diaryl/α,β-unsaturated/α-hetero) is 1. The molecule has 9 nitrogen and oxygen atoms in total. The molecule has 11 heteroatoms. The number of allylic oxidation sites excluding steroid dienone is 1. The van der Waals surface area contributed by atoms with Gasteiger partial charge in [-0.05, 0) is 28.5 Å². The molecule has 0 radical (unpaired) electrons. The first-order valence-corrected chi connectivity index (χ1v) is 12.5. The van der Waals surface area contributed by atoms with Gasteiger partial charge in [-0.3, -0.25) is 4.79 Å². The summed E-state index contributed by atoms with van der Waals surface area (Å²) in [6.45, 7) is 7.07. The predicted molar refractivity (Wildman–Crippen MR) is 126 cm³/mol. The number of ether oxygens (including phenoxy) is 1. The van der Waals surface area contributed by atoms with Gasteiger partial charge in [0.1, 0.15) is 11.1 Å². The number of methoxy groups -OCH3 is 1. The topological polar surface area (TPSA) is 107 Å². The number of fused-ring (bicyclic) bond motifs is 1. The number of nitrogens with zero attached hydrogens (tertiary/aromatic N) is 5. The minimum absolute atomic E-state index is 0.0602. The molecule has 2 aliphatic heterocycles. The highest BCUT2D eigenvalue weighted by molar-refractivity contribution is 7.93. The Morgan fingerprint density at radius 1 is 1.24 bits per heavy atom. The highest BCUT2D eigenvalue weighted by Gasteiger charge is 2.68. The standard InChI is InChI=1S/C22H27N5O4S2/c1-13-15(17(28)21(2,3)4)27-18(32)16(31-6)19(27)33(29,30)22(13,20-23-24-25-26(20)5)12-14-10-8-7-9-11-14/h7-11,16,19H,12H2,1-6H3/t16-,19+,22?/m0/s1. The second-order valence-electron chi connectivity index (χ2n) is 9.47. The number of rotatable bonds is 5. The number of ketones is 1. The van der Waals surface area contributed by atoms with Crippen LogP contribution in [-0.4, -0.2) is 62.9 Å². The lowest BCUT2D eigenvalue weighted by Crippen LogP contribution is -2.73. The fourth-order valence-corrected chi connectivity index (χ4v) is 8.06. The van der Waals surface area contributed by atoms with Gasteiger partial charge in [-0.15, -0.1) is 5.10 Å². The lowest BCUT2D eigenvalue weighted by Gasteiger charge is -2.56. The van der Waals surface area contributed by atoms with E-state index in [4.69, 9.17) is 17.0 Å². The van der Waals surface area contributed by atoms with Crippen molar-refractivity contribution in [1.29, 1.82) is 0 Å². The van der Waals surface area contributed by atoms with Crippen LogP contribution in [0.2, 0.25) is 0 Å². The normalized spacial score (nSPS) is 26.7. The van der Waals surface area contributed by atoms with Crippen LogP contribution in [0.5, 0.6) is 0 Å².